The lowest BCUT2D eigenvalue weighted by Gasteiger charge is -2.25. The van der Waals surface area contributed by atoms with Crippen LogP contribution in [0.3, 0.4) is 0 Å². The second kappa shape index (κ2) is 38.7. The minimum absolute atomic E-state index is 0. The minimum Gasteiger partial charge on any atom is -1.00 e. The number of nitrogens with zero attached hydrogens (tertiary/aromatic N) is 3. The highest BCUT2D eigenvalue weighted by molar-refractivity contribution is 5.82. The third kappa shape index (κ3) is 48.8. The monoisotopic (exact) mass is 930 g/mol. The molecule has 15 heteroatoms. The molecular weight excluding hydrogens is 826 g/mol. The highest BCUT2D eigenvalue weighted by Gasteiger charge is 2.27. The van der Waals surface area contributed by atoms with Gasteiger partial charge in [-0.3, -0.25) is 19.2 Å². The molecule has 2 amide bonds. The van der Waals surface area contributed by atoms with Crippen LogP contribution >= 0.6 is 0 Å². The molecule has 0 aliphatic rings. The summed E-state index contributed by atoms with van der Waals surface area (Å²) in [5, 5.41) is 24.6. The molecule has 63 heavy (non-hydrogen) atoms. The first-order chi connectivity index (χ1) is 27.5. The summed E-state index contributed by atoms with van der Waals surface area (Å²) in [6, 6.07) is 0. The first-order valence-electron chi connectivity index (χ1n) is 22.6. The van der Waals surface area contributed by atoms with E-state index in [1.807, 2.05) is 102 Å². The standard InChI is InChI=1S/2C12H26N2O.C10H21NO2.C8H16O3.C5H10O2.CH4.ClH/c2*1-7-12(2,3)11(15)13-9-8-10-14(4,5)6;1-6-10(2,3)9(12)13-8-7-11(4)5;1-4-6(2)8(10)11-5-7(3)9;1-3-4(2)5(6)7;;/h2*7-10H2,1-6H3;6-8H2,1-5H3;6-7,9H,4-5H2,1-3H3;4H,3H2,1-2H3,(H,6,7);1H4;1H. The molecule has 0 aromatic carbocycles. The summed E-state index contributed by atoms with van der Waals surface area (Å²) in [5.41, 5.74) is -0.792. The molecule has 0 radical (unpaired) electrons. The summed E-state index contributed by atoms with van der Waals surface area (Å²) in [4.78, 5) is 57.6. The average Bonchev–Trinajstić information content (AvgIpc) is 3.16. The van der Waals surface area contributed by atoms with E-state index in [4.69, 9.17) is 14.6 Å². The van der Waals surface area contributed by atoms with Crippen LogP contribution in [0.5, 0.6) is 0 Å². The number of carboxylic acid groups (broad SMARTS) is 1. The number of rotatable bonds is 23. The van der Waals surface area contributed by atoms with Gasteiger partial charge in [0, 0.05) is 49.3 Å². The van der Waals surface area contributed by atoms with Crippen LogP contribution in [0, 0.1) is 28.1 Å². The summed E-state index contributed by atoms with van der Waals surface area (Å²) in [6.07, 6.45) is 5.52. The SMILES string of the molecule is C.CCC(C)(C)C(=O)NCCC[N+](C)(C)C.CCC(C)(C)C(=O)NCCC[N+](C)(C)C.CCC(C)(C)C(=O)OCCN(C)C.CCC(C)C(=O)OCC(C)O.CCC(C)C(=O)[O-].[Cl-]. The van der Waals surface area contributed by atoms with Gasteiger partial charge in [-0.1, -0.05) is 83.6 Å². The van der Waals surface area contributed by atoms with Crippen LogP contribution in [-0.4, -0.2) is 157 Å². The van der Waals surface area contributed by atoms with E-state index in [-0.39, 0.29) is 78.3 Å². The number of halogens is 1. The zero-order chi connectivity index (χ0) is 49.4. The van der Waals surface area contributed by atoms with E-state index in [1.165, 1.54) is 0 Å². The van der Waals surface area contributed by atoms with E-state index in [1.54, 1.807) is 13.8 Å². The number of ether oxygens (including phenoxy) is 2. The van der Waals surface area contributed by atoms with Gasteiger partial charge in [-0.15, -0.1) is 0 Å². The van der Waals surface area contributed by atoms with Crippen LogP contribution in [-0.2, 0) is 33.4 Å². The van der Waals surface area contributed by atoms with Gasteiger partial charge in [0.1, 0.15) is 13.2 Å². The fraction of sp³-hybridized carbons (Fsp3) is 0.896. The Bertz CT molecular complexity index is 1140. The number of carbonyl (C=O) groups excluding carboxylic acids is 5. The average molecular weight is 931 g/mol. The molecule has 3 N–H and O–H groups in total. The van der Waals surface area contributed by atoms with E-state index in [2.05, 4.69) is 52.9 Å². The molecule has 3 atom stereocenters. The summed E-state index contributed by atoms with van der Waals surface area (Å²) in [5.74, 6) is -1.29. The maximum Gasteiger partial charge on any atom is 0.311 e. The van der Waals surface area contributed by atoms with E-state index >= 15 is 0 Å². The fourth-order valence-electron chi connectivity index (χ4n) is 3.65. The molecule has 0 bridgehead atoms. The van der Waals surface area contributed by atoms with Gasteiger partial charge < -0.3 is 61.4 Å². The van der Waals surface area contributed by atoms with Gasteiger partial charge in [0.2, 0.25) is 11.8 Å². The van der Waals surface area contributed by atoms with E-state index < -0.39 is 12.1 Å². The zero-order valence-electron chi connectivity index (χ0n) is 44.1. The third-order valence-corrected chi connectivity index (χ3v) is 10.3. The molecule has 0 saturated carbocycles. The number of quaternary nitrogens is 2. The second-order valence-electron chi connectivity index (χ2n) is 20.3. The van der Waals surface area contributed by atoms with Crippen molar-refractivity contribution >= 4 is 29.7 Å². The lowest BCUT2D eigenvalue weighted by atomic mass is 9.89. The molecule has 3 unspecified atom stereocenters. The molecule has 0 rings (SSSR count). The van der Waals surface area contributed by atoms with Crippen molar-refractivity contribution in [3.05, 3.63) is 0 Å². The predicted octanol–water partition coefficient (Wildman–Crippen LogP) is 3.18. The Morgan fingerprint density at radius 3 is 1.24 bits per heavy atom. The van der Waals surface area contributed by atoms with Crippen molar-refractivity contribution < 1.29 is 65.0 Å². The number of carboxylic acids is 1. The quantitative estimate of drug-likeness (QED) is 0.0785. The van der Waals surface area contributed by atoms with Crippen molar-refractivity contribution in [2.75, 3.05) is 102 Å². The van der Waals surface area contributed by atoms with Crippen LogP contribution in [0.15, 0.2) is 0 Å². The number of esters is 2. The Labute approximate surface area is 394 Å². The first-order valence-corrected chi connectivity index (χ1v) is 22.6. The maximum atomic E-state index is 11.7. The van der Waals surface area contributed by atoms with Crippen LogP contribution in [0.2, 0.25) is 0 Å². The summed E-state index contributed by atoms with van der Waals surface area (Å²) in [6.45, 7) is 31.8. The Hall–Kier alpha value is -2.52. The topological polar surface area (TPSA) is 174 Å². The van der Waals surface area contributed by atoms with Gasteiger partial charge in [-0.25, -0.2) is 0 Å². The molecule has 382 valence electrons. The fourth-order valence-corrected chi connectivity index (χ4v) is 3.65. The van der Waals surface area contributed by atoms with E-state index in [0.717, 1.165) is 80.2 Å². The number of aliphatic hydroxyl groups excluding tert-OH is 1. The van der Waals surface area contributed by atoms with E-state index in [0.29, 0.717) is 13.0 Å². The number of aliphatic hydroxyl groups is 1. The Kier molecular flexibility index (Phi) is 46.0. The molecule has 0 aromatic heterocycles. The molecule has 0 spiro atoms. The van der Waals surface area contributed by atoms with Crippen LogP contribution in [0.25, 0.3) is 0 Å². The predicted molar refractivity (Wildman–Crippen MR) is 256 cm³/mol. The number of aliphatic carboxylic acids is 1. The second-order valence-corrected chi connectivity index (χ2v) is 20.3. The van der Waals surface area contributed by atoms with Crippen molar-refractivity contribution in [2.24, 2.45) is 28.1 Å². The third-order valence-electron chi connectivity index (χ3n) is 10.3. The number of likely N-dealkylation sites (N-methyl/N-ethyl adjacent to an activating group) is 1. The van der Waals surface area contributed by atoms with Gasteiger partial charge in [-0.05, 0) is 72.9 Å². The zero-order valence-corrected chi connectivity index (χ0v) is 44.8. The number of hydrogen-bond acceptors (Lipinski definition) is 10. The lowest BCUT2D eigenvalue weighted by Crippen LogP contribution is -3.00. The molecule has 0 aromatic rings. The van der Waals surface area contributed by atoms with Crippen LogP contribution < -0.4 is 28.1 Å². The summed E-state index contributed by atoms with van der Waals surface area (Å²) < 4.78 is 11.8. The van der Waals surface area contributed by atoms with Gasteiger partial charge >= 0.3 is 11.9 Å². The van der Waals surface area contributed by atoms with Crippen molar-refractivity contribution in [2.45, 2.75) is 155 Å². The van der Waals surface area contributed by atoms with Crippen LogP contribution in [0.1, 0.15) is 149 Å². The highest BCUT2D eigenvalue weighted by Crippen LogP contribution is 2.21. The smallest absolute Gasteiger partial charge is 0.311 e. The molecule has 0 fully saturated rings. The van der Waals surface area contributed by atoms with Crippen molar-refractivity contribution in [1.82, 2.24) is 15.5 Å². The van der Waals surface area contributed by atoms with Gasteiger partial charge in [0.25, 0.3) is 0 Å². The number of hydrogen-bond donors (Lipinski definition) is 3. The Morgan fingerprint density at radius 2 is 1.00 bits per heavy atom. The minimum atomic E-state index is -0.956. The molecular formula is C48H104ClN5O9. The van der Waals surface area contributed by atoms with Crippen molar-refractivity contribution in [3.63, 3.8) is 0 Å². The van der Waals surface area contributed by atoms with Crippen molar-refractivity contribution in [1.29, 1.82) is 0 Å². The maximum absolute atomic E-state index is 11.7. The van der Waals surface area contributed by atoms with Gasteiger partial charge in [0.05, 0.1) is 72.8 Å². The van der Waals surface area contributed by atoms with Gasteiger partial charge in [-0.2, -0.15) is 0 Å². The molecule has 0 saturated heterocycles. The van der Waals surface area contributed by atoms with E-state index in [9.17, 15) is 29.1 Å². The molecule has 14 nitrogen and oxygen atoms in total. The number of nitrogens with one attached hydrogen (secondary N) is 2. The largest absolute Gasteiger partial charge is 1.00 e. The Balaban J connectivity index is -0.000000126. The highest BCUT2D eigenvalue weighted by atomic mass is 35.5. The molecule has 0 aliphatic carbocycles. The summed E-state index contributed by atoms with van der Waals surface area (Å²) in [7, 11) is 16.9. The molecule has 0 heterocycles. The first kappa shape index (κ1) is 74.8. The number of amides is 2. The lowest BCUT2D eigenvalue weighted by molar-refractivity contribution is -0.870. The Morgan fingerprint density at radius 1 is 0.651 bits per heavy atom. The normalized spacial score (nSPS) is 12.7. The van der Waals surface area contributed by atoms with Gasteiger partial charge in [0.15, 0.2) is 0 Å². The summed E-state index contributed by atoms with van der Waals surface area (Å²) >= 11 is 0. The van der Waals surface area contributed by atoms with Crippen LogP contribution in [0.4, 0.5) is 0 Å². The molecule has 0 aliphatic heterocycles. The number of carbonyl (C=O) groups is 5. The van der Waals surface area contributed by atoms with Crippen molar-refractivity contribution in [3.8, 4) is 0 Å².